The molecule has 0 aromatic heterocycles. The van der Waals surface area contributed by atoms with Crippen molar-refractivity contribution in [1.82, 2.24) is 0 Å². The summed E-state index contributed by atoms with van der Waals surface area (Å²) in [7, 11) is 1.42. The number of carbonyl (C=O) groups is 1. The number of methoxy groups -OCH3 is 1. The van der Waals surface area contributed by atoms with Crippen LogP contribution in [0.5, 0.6) is 0 Å². The maximum absolute atomic E-state index is 10.9. The maximum atomic E-state index is 10.9. The van der Waals surface area contributed by atoms with Gasteiger partial charge in [0.15, 0.2) is 0 Å². The fourth-order valence-corrected chi connectivity index (χ4v) is 1.64. The molecule has 0 saturated heterocycles. The topological polar surface area (TPSA) is 26.3 Å². The highest BCUT2D eigenvalue weighted by Crippen LogP contribution is 2.28. The number of hydrogen-bond acceptors (Lipinski definition) is 2. The quantitative estimate of drug-likeness (QED) is 0.443. The Hall–Kier alpha value is -0.790. The second-order valence-electron chi connectivity index (χ2n) is 3.39. The SMILES string of the molecule is COC(=O)/C=C1/CCCC[C@H]1C. The summed E-state index contributed by atoms with van der Waals surface area (Å²) in [6.45, 7) is 2.17. The zero-order chi connectivity index (χ0) is 8.97. The third kappa shape index (κ3) is 2.36. The first-order valence-electron chi connectivity index (χ1n) is 4.52. The molecule has 1 aliphatic rings. The molecule has 0 aromatic carbocycles. The highest BCUT2D eigenvalue weighted by molar-refractivity contribution is 5.82. The molecule has 0 unspecified atom stereocenters. The van der Waals surface area contributed by atoms with Gasteiger partial charge in [0.05, 0.1) is 7.11 Å². The van der Waals surface area contributed by atoms with E-state index in [1.807, 2.05) is 0 Å². The van der Waals surface area contributed by atoms with Crippen molar-refractivity contribution in [2.24, 2.45) is 5.92 Å². The molecular formula is C10H16O2. The molecule has 1 fully saturated rings. The molecule has 0 N–H and O–H groups in total. The molecule has 2 nitrogen and oxygen atoms in total. The minimum Gasteiger partial charge on any atom is -0.466 e. The fraction of sp³-hybridized carbons (Fsp3) is 0.700. The van der Waals surface area contributed by atoms with Crippen molar-refractivity contribution in [3.8, 4) is 0 Å². The van der Waals surface area contributed by atoms with E-state index >= 15 is 0 Å². The van der Waals surface area contributed by atoms with Gasteiger partial charge in [-0.25, -0.2) is 4.79 Å². The first kappa shape index (κ1) is 9.30. The van der Waals surface area contributed by atoms with Gasteiger partial charge in [-0.05, 0) is 25.2 Å². The Balaban J connectivity index is 2.58. The van der Waals surface area contributed by atoms with Crippen molar-refractivity contribution < 1.29 is 9.53 Å². The Morgan fingerprint density at radius 2 is 2.33 bits per heavy atom. The van der Waals surface area contributed by atoms with E-state index in [2.05, 4.69) is 11.7 Å². The van der Waals surface area contributed by atoms with E-state index in [0.29, 0.717) is 5.92 Å². The number of esters is 1. The van der Waals surface area contributed by atoms with Gasteiger partial charge in [-0.1, -0.05) is 18.9 Å². The van der Waals surface area contributed by atoms with E-state index in [0.717, 1.165) is 6.42 Å². The van der Waals surface area contributed by atoms with Gasteiger partial charge in [0.1, 0.15) is 0 Å². The third-order valence-corrected chi connectivity index (χ3v) is 2.49. The Morgan fingerprint density at radius 1 is 1.58 bits per heavy atom. The van der Waals surface area contributed by atoms with E-state index in [9.17, 15) is 4.79 Å². The second kappa shape index (κ2) is 4.29. The Morgan fingerprint density at radius 3 is 2.92 bits per heavy atom. The van der Waals surface area contributed by atoms with Crippen LogP contribution in [0, 0.1) is 5.92 Å². The first-order chi connectivity index (χ1) is 5.74. The van der Waals surface area contributed by atoms with Crippen molar-refractivity contribution in [2.75, 3.05) is 7.11 Å². The lowest BCUT2D eigenvalue weighted by molar-refractivity contribution is -0.134. The van der Waals surface area contributed by atoms with Crippen LogP contribution in [0.1, 0.15) is 32.6 Å². The van der Waals surface area contributed by atoms with E-state index in [1.54, 1.807) is 6.08 Å². The maximum Gasteiger partial charge on any atom is 0.330 e. The molecule has 1 saturated carbocycles. The van der Waals surface area contributed by atoms with Crippen molar-refractivity contribution >= 4 is 5.97 Å². The predicted molar refractivity (Wildman–Crippen MR) is 47.7 cm³/mol. The number of hydrogen-bond donors (Lipinski definition) is 0. The van der Waals surface area contributed by atoms with Crippen LogP contribution in [0.25, 0.3) is 0 Å². The molecule has 0 aliphatic heterocycles. The average molecular weight is 168 g/mol. The lowest BCUT2D eigenvalue weighted by Gasteiger charge is -2.20. The van der Waals surface area contributed by atoms with E-state index < -0.39 is 0 Å². The summed E-state index contributed by atoms with van der Waals surface area (Å²) in [5, 5.41) is 0. The van der Waals surface area contributed by atoms with Crippen molar-refractivity contribution in [1.29, 1.82) is 0 Å². The van der Waals surface area contributed by atoms with Crippen LogP contribution >= 0.6 is 0 Å². The summed E-state index contributed by atoms with van der Waals surface area (Å²) in [5.41, 5.74) is 1.26. The molecular weight excluding hydrogens is 152 g/mol. The largest absolute Gasteiger partial charge is 0.466 e. The van der Waals surface area contributed by atoms with Gasteiger partial charge >= 0.3 is 5.97 Å². The average Bonchev–Trinajstić information content (AvgIpc) is 2.09. The lowest BCUT2D eigenvalue weighted by Crippen LogP contribution is -2.08. The second-order valence-corrected chi connectivity index (χ2v) is 3.39. The lowest BCUT2D eigenvalue weighted by atomic mass is 9.85. The normalized spacial score (nSPS) is 27.2. The zero-order valence-electron chi connectivity index (χ0n) is 7.80. The van der Waals surface area contributed by atoms with Gasteiger partial charge in [-0.3, -0.25) is 0 Å². The molecule has 0 heterocycles. The smallest absolute Gasteiger partial charge is 0.330 e. The number of allylic oxidation sites excluding steroid dienone is 1. The van der Waals surface area contributed by atoms with Gasteiger partial charge in [0.25, 0.3) is 0 Å². The minimum absolute atomic E-state index is 0.209. The molecule has 1 aliphatic carbocycles. The van der Waals surface area contributed by atoms with Gasteiger partial charge in [0.2, 0.25) is 0 Å². The molecule has 1 rings (SSSR count). The van der Waals surface area contributed by atoms with Gasteiger partial charge in [0, 0.05) is 6.08 Å². The standard InChI is InChI=1S/C10H16O2/c1-8-5-3-4-6-9(8)7-10(11)12-2/h7-8H,3-6H2,1-2H3/b9-7-/t8-/m1/s1. The minimum atomic E-state index is -0.209. The summed E-state index contributed by atoms with van der Waals surface area (Å²) in [4.78, 5) is 10.9. The Bertz CT molecular complexity index is 194. The van der Waals surface area contributed by atoms with Crippen LogP contribution in [-0.2, 0) is 9.53 Å². The van der Waals surface area contributed by atoms with Crippen LogP contribution in [0.4, 0.5) is 0 Å². The molecule has 68 valence electrons. The van der Waals surface area contributed by atoms with E-state index in [4.69, 9.17) is 0 Å². The van der Waals surface area contributed by atoms with E-state index in [1.165, 1.54) is 31.9 Å². The molecule has 0 spiro atoms. The van der Waals surface area contributed by atoms with Crippen LogP contribution in [-0.4, -0.2) is 13.1 Å². The monoisotopic (exact) mass is 168 g/mol. The summed E-state index contributed by atoms with van der Waals surface area (Å²) < 4.78 is 4.59. The predicted octanol–water partition coefficient (Wildman–Crippen LogP) is 2.30. The summed E-state index contributed by atoms with van der Waals surface area (Å²) >= 11 is 0. The van der Waals surface area contributed by atoms with Gasteiger partial charge in [-0.2, -0.15) is 0 Å². The molecule has 1 atom stereocenters. The van der Waals surface area contributed by atoms with Crippen molar-refractivity contribution in [3.05, 3.63) is 11.6 Å². The highest BCUT2D eigenvalue weighted by atomic mass is 16.5. The fourth-order valence-electron chi connectivity index (χ4n) is 1.64. The summed E-state index contributed by atoms with van der Waals surface area (Å²) in [6.07, 6.45) is 6.44. The molecule has 2 heteroatoms. The Kier molecular flexibility index (Phi) is 3.32. The van der Waals surface area contributed by atoms with Crippen LogP contribution in [0.2, 0.25) is 0 Å². The van der Waals surface area contributed by atoms with Crippen LogP contribution < -0.4 is 0 Å². The molecule has 12 heavy (non-hydrogen) atoms. The molecule has 0 aromatic rings. The first-order valence-corrected chi connectivity index (χ1v) is 4.52. The molecule has 0 radical (unpaired) electrons. The summed E-state index contributed by atoms with van der Waals surface area (Å²) in [5.74, 6) is 0.358. The van der Waals surface area contributed by atoms with Crippen molar-refractivity contribution in [3.63, 3.8) is 0 Å². The highest BCUT2D eigenvalue weighted by Gasteiger charge is 2.14. The number of rotatable bonds is 1. The van der Waals surface area contributed by atoms with E-state index in [-0.39, 0.29) is 5.97 Å². The molecule has 0 amide bonds. The van der Waals surface area contributed by atoms with Gasteiger partial charge < -0.3 is 4.74 Å². The summed E-state index contributed by atoms with van der Waals surface area (Å²) in [6, 6.07) is 0. The molecule has 0 bridgehead atoms. The number of carbonyl (C=O) groups excluding carboxylic acids is 1. The van der Waals surface area contributed by atoms with Gasteiger partial charge in [-0.15, -0.1) is 0 Å². The zero-order valence-corrected chi connectivity index (χ0v) is 7.80. The van der Waals surface area contributed by atoms with Crippen LogP contribution in [0.3, 0.4) is 0 Å². The number of ether oxygens (including phenoxy) is 1. The van der Waals surface area contributed by atoms with Crippen LogP contribution in [0.15, 0.2) is 11.6 Å². The third-order valence-electron chi connectivity index (χ3n) is 2.49. The Labute approximate surface area is 73.6 Å². The van der Waals surface area contributed by atoms with Crippen molar-refractivity contribution in [2.45, 2.75) is 32.6 Å².